The summed E-state index contributed by atoms with van der Waals surface area (Å²) in [7, 11) is 0. The molecule has 15 heavy (non-hydrogen) atoms. The Labute approximate surface area is 86.8 Å². The maximum absolute atomic E-state index is 9.16. The lowest BCUT2D eigenvalue weighted by Crippen LogP contribution is -2.39. The van der Waals surface area contributed by atoms with Crippen molar-refractivity contribution < 1.29 is 5.11 Å². The average Bonchev–Trinajstić information content (AvgIpc) is 2.62. The summed E-state index contributed by atoms with van der Waals surface area (Å²) in [6.07, 6.45) is 5.08. The number of nitrogens with one attached hydrogen (secondary N) is 1. The van der Waals surface area contributed by atoms with Crippen molar-refractivity contribution in [3.8, 4) is 0 Å². The summed E-state index contributed by atoms with van der Waals surface area (Å²) < 4.78 is 1.72. The van der Waals surface area contributed by atoms with Crippen molar-refractivity contribution in [2.24, 2.45) is 0 Å². The molecule has 2 heterocycles. The number of hydrogen-bond acceptors (Lipinski definition) is 4. The molecule has 2 aromatic rings. The number of hydrogen-bond donors (Lipinski definition) is 2. The monoisotopic (exact) mass is 204 g/mol. The first-order valence-electron chi connectivity index (χ1n) is 5.06. The SMILES string of the molecule is OC1CC(Nc2ccn3nccc3n2)C1. The van der Waals surface area contributed by atoms with Crippen LogP contribution < -0.4 is 5.32 Å². The van der Waals surface area contributed by atoms with E-state index in [2.05, 4.69) is 15.4 Å². The van der Waals surface area contributed by atoms with Gasteiger partial charge in [-0.3, -0.25) is 0 Å². The van der Waals surface area contributed by atoms with Crippen molar-refractivity contribution in [3.05, 3.63) is 24.5 Å². The van der Waals surface area contributed by atoms with Crippen LogP contribution in [0, 0.1) is 0 Å². The highest BCUT2D eigenvalue weighted by atomic mass is 16.3. The van der Waals surface area contributed by atoms with Crippen LogP contribution in [0.1, 0.15) is 12.8 Å². The highest BCUT2D eigenvalue weighted by Gasteiger charge is 2.27. The van der Waals surface area contributed by atoms with Crippen molar-refractivity contribution in [2.75, 3.05) is 5.32 Å². The van der Waals surface area contributed by atoms with Gasteiger partial charge in [-0.1, -0.05) is 0 Å². The highest BCUT2D eigenvalue weighted by molar-refractivity contribution is 5.46. The average molecular weight is 204 g/mol. The van der Waals surface area contributed by atoms with Crippen molar-refractivity contribution in [2.45, 2.75) is 25.0 Å². The van der Waals surface area contributed by atoms with Crippen molar-refractivity contribution >= 4 is 11.5 Å². The molecule has 0 radical (unpaired) electrons. The second kappa shape index (κ2) is 3.20. The first-order valence-corrected chi connectivity index (χ1v) is 5.06. The van der Waals surface area contributed by atoms with Gasteiger partial charge in [0, 0.05) is 18.3 Å². The number of rotatable bonds is 2. The van der Waals surface area contributed by atoms with E-state index in [4.69, 9.17) is 5.11 Å². The van der Waals surface area contributed by atoms with E-state index < -0.39 is 0 Å². The van der Waals surface area contributed by atoms with E-state index in [9.17, 15) is 0 Å². The van der Waals surface area contributed by atoms with Crippen LogP contribution in [0.25, 0.3) is 5.65 Å². The molecule has 1 aliphatic rings. The number of aromatic nitrogens is 3. The topological polar surface area (TPSA) is 62.5 Å². The lowest BCUT2D eigenvalue weighted by atomic mass is 9.89. The maximum Gasteiger partial charge on any atom is 0.157 e. The molecule has 1 saturated carbocycles. The third-order valence-corrected chi connectivity index (χ3v) is 2.72. The minimum Gasteiger partial charge on any atom is -0.393 e. The molecule has 5 nitrogen and oxygen atoms in total. The molecule has 0 unspecified atom stereocenters. The highest BCUT2D eigenvalue weighted by Crippen LogP contribution is 2.23. The fourth-order valence-corrected chi connectivity index (χ4v) is 1.81. The molecule has 78 valence electrons. The first kappa shape index (κ1) is 8.67. The quantitative estimate of drug-likeness (QED) is 0.754. The molecular weight excluding hydrogens is 192 g/mol. The lowest BCUT2D eigenvalue weighted by molar-refractivity contribution is 0.0835. The van der Waals surface area contributed by atoms with Gasteiger partial charge in [-0.25, -0.2) is 9.50 Å². The molecule has 0 saturated heterocycles. The Morgan fingerprint density at radius 3 is 3.07 bits per heavy atom. The molecule has 0 aromatic carbocycles. The summed E-state index contributed by atoms with van der Waals surface area (Å²) >= 11 is 0. The minimum atomic E-state index is -0.138. The van der Waals surface area contributed by atoms with E-state index in [0.29, 0.717) is 6.04 Å². The Balaban J connectivity index is 1.79. The smallest absolute Gasteiger partial charge is 0.157 e. The Hall–Kier alpha value is -1.62. The van der Waals surface area contributed by atoms with Gasteiger partial charge >= 0.3 is 0 Å². The Bertz CT molecular complexity index is 475. The van der Waals surface area contributed by atoms with Crippen LogP contribution in [-0.4, -0.2) is 31.9 Å². The standard InChI is InChI=1S/C10H12N4O/c15-8-5-7(6-8)12-9-2-4-14-10(13-9)1-3-11-14/h1-4,7-8,15H,5-6H2,(H,12,13). The normalized spacial score (nSPS) is 25.1. The fraction of sp³-hybridized carbons (Fsp3) is 0.400. The van der Waals surface area contributed by atoms with Crippen molar-refractivity contribution in [3.63, 3.8) is 0 Å². The van der Waals surface area contributed by atoms with Gasteiger partial charge in [-0.15, -0.1) is 0 Å². The summed E-state index contributed by atoms with van der Waals surface area (Å²) in [4.78, 5) is 4.39. The number of anilines is 1. The molecule has 0 amide bonds. The Morgan fingerprint density at radius 2 is 2.27 bits per heavy atom. The van der Waals surface area contributed by atoms with E-state index in [1.54, 1.807) is 10.7 Å². The van der Waals surface area contributed by atoms with E-state index in [1.807, 2.05) is 18.3 Å². The minimum absolute atomic E-state index is 0.138. The van der Waals surface area contributed by atoms with Gasteiger partial charge in [0.15, 0.2) is 5.65 Å². The fourth-order valence-electron chi connectivity index (χ4n) is 1.81. The van der Waals surface area contributed by atoms with Gasteiger partial charge in [0.1, 0.15) is 5.82 Å². The Kier molecular flexibility index (Phi) is 1.85. The van der Waals surface area contributed by atoms with Gasteiger partial charge < -0.3 is 10.4 Å². The van der Waals surface area contributed by atoms with Gasteiger partial charge in [0.2, 0.25) is 0 Å². The van der Waals surface area contributed by atoms with Crippen LogP contribution in [0.3, 0.4) is 0 Å². The summed E-state index contributed by atoms with van der Waals surface area (Å²) in [5, 5.41) is 16.5. The third kappa shape index (κ3) is 1.55. The molecular formula is C10H12N4O. The maximum atomic E-state index is 9.16. The van der Waals surface area contributed by atoms with E-state index >= 15 is 0 Å². The van der Waals surface area contributed by atoms with Crippen LogP contribution in [0.4, 0.5) is 5.82 Å². The number of aliphatic hydroxyl groups is 1. The summed E-state index contributed by atoms with van der Waals surface area (Å²) in [6.45, 7) is 0. The van der Waals surface area contributed by atoms with E-state index in [-0.39, 0.29) is 6.10 Å². The van der Waals surface area contributed by atoms with Crippen LogP contribution in [0.5, 0.6) is 0 Å². The lowest BCUT2D eigenvalue weighted by Gasteiger charge is -2.32. The number of aliphatic hydroxyl groups excluding tert-OH is 1. The molecule has 0 atom stereocenters. The molecule has 0 spiro atoms. The van der Waals surface area contributed by atoms with Gasteiger partial charge in [0.25, 0.3) is 0 Å². The molecule has 2 aromatic heterocycles. The van der Waals surface area contributed by atoms with Crippen molar-refractivity contribution in [1.29, 1.82) is 0 Å². The zero-order chi connectivity index (χ0) is 10.3. The molecule has 1 fully saturated rings. The van der Waals surface area contributed by atoms with Crippen molar-refractivity contribution in [1.82, 2.24) is 14.6 Å². The molecule has 1 aliphatic carbocycles. The third-order valence-electron chi connectivity index (χ3n) is 2.72. The van der Waals surface area contributed by atoms with Crippen LogP contribution in [-0.2, 0) is 0 Å². The zero-order valence-corrected chi connectivity index (χ0v) is 8.17. The summed E-state index contributed by atoms with van der Waals surface area (Å²) in [5.41, 5.74) is 0.833. The second-order valence-electron chi connectivity index (χ2n) is 3.91. The molecule has 5 heteroatoms. The van der Waals surface area contributed by atoms with Crippen LogP contribution in [0.15, 0.2) is 24.5 Å². The molecule has 0 bridgehead atoms. The first-order chi connectivity index (χ1) is 7.31. The Morgan fingerprint density at radius 1 is 1.40 bits per heavy atom. The summed E-state index contributed by atoms with van der Waals surface area (Å²) in [5.74, 6) is 0.847. The van der Waals surface area contributed by atoms with Gasteiger partial charge in [-0.2, -0.15) is 5.10 Å². The number of nitrogens with zero attached hydrogens (tertiary/aromatic N) is 3. The molecule has 3 rings (SSSR count). The van der Waals surface area contributed by atoms with Crippen LogP contribution in [0.2, 0.25) is 0 Å². The predicted octanol–water partition coefficient (Wildman–Crippen LogP) is 0.664. The molecule has 0 aliphatic heterocycles. The zero-order valence-electron chi connectivity index (χ0n) is 8.17. The van der Waals surface area contributed by atoms with Gasteiger partial charge in [-0.05, 0) is 18.9 Å². The predicted molar refractivity (Wildman–Crippen MR) is 55.6 cm³/mol. The number of fused-ring (bicyclic) bond motifs is 1. The van der Waals surface area contributed by atoms with Crippen LogP contribution >= 0.6 is 0 Å². The van der Waals surface area contributed by atoms with E-state index in [1.165, 1.54) is 0 Å². The second-order valence-corrected chi connectivity index (χ2v) is 3.91. The van der Waals surface area contributed by atoms with E-state index in [0.717, 1.165) is 24.3 Å². The largest absolute Gasteiger partial charge is 0.393 e. The summed E-state index contributed by atoms with van der Waals surface area (Å²) in [6, 6.07) is 4.11. The molecule has 2 N–H and O–H groups in total. The van der Waals surface area contributed by atoms with Gasteiger partial charge in [0.05, 0.1) is 12.3 Å².